The lowest BCUT2D eigenvalue weighted by molar-refractivity contribution is -0.135. The third-order valence-corrected chi connectivity index (χ3v) is 7.34. The number of amides is 2. The summed E-state index contributed by atoms with van der Waals surface area (Å²) in [6, 6.07) is 16.7. The maximum Gasteiger partial charge on any atom is 0.254 e. The zero-order valence-corrected chi connectivity index (χ0v) is 21.8. The standard InChI is InChI=1S/C28H32N2O5S/c1-20-7-9-21(10-8-20)28(32)29(14-15-33-2)18-27(31)30-13-11-26-24(12-16-36-26)25(30)19-35-23-6-4-5-22(17-23)34-3/h4-10,12,16-17,25H,11,13-15,18-19H2,1-3H3/t25-/m1/s1. The number of hydrogen-bond donors (Lipinski definition) is 0. The Morgan fingerprint density at radius 2 is 1.86 bits per heavy atom. The van der Waals surface area contributed by atoms with Gasteiger partial charge in [0.2, 0.25) is 5.91 Å². The fourth-order valence-corrected chi connectivity index (χ4v) is 5.26. The van der Waals surface area contributed by atoms with Crippen LogP contribution in [-0.2, 0) is 16.0 Å². The smallest absolute Gasteiger partial charge is 0.254 e. The molecule has 2 aromatic carbocycles. The summed E-state index contributed by atoms with van der Waals surface area (Å²) in [6.45, 7) is 3.52. The highest BCUT2D eigenvalue weighted by atomic mass is 32.1. The number of methoxy groups -OCH3 is 2. The van der Waals surface area contributed by atoms with Crippen LogP contribution in [0.4, 0.5) is 0 Å². The third kappa shape index (κ3) is 6.06. The van der Waals surface area contributed by atoms with Crippen molar-refractivity contribution in [1.29, 1.82) is 0 Å². The maximum absolute atomic E-state index is 13.6. The molecule has 0 fully saturated rings. The molecule has 0 unspecified atom stereocenters. The van der Waals surface area contributed by atoms with Crippen molar-refractivity contribution < 1.29 is 23.8 Å². The summed E-state index contributed by atoms with van der Waals surface area (Å²) in [5.74, 6) is 1.10. The highest BCUT2D eigenvalue weighted by Gasteiger charge is 2.33. The van der Waals surface area contributed by atoms with E-state index in [1.165, 1.54) is 4.88 Å². The number of carbonyl (C=O) groups excluding carboxylic acids is 2. The molecule has 0 spiro atoms. The first-order valence-electron chi connectivity index (χ1n) is 12.0. The van der Waals surface area contributed by atoms with Crippen LogP contribution in [0.5, 0.6) is 11.5 Å². The topological polar surface area (TPSA) is 68.3 Å². The highest BCUT2D eigenvalue weighted by Crippen LogP contribution is 2.34. The Morgan fingerprint density at radius 1 is 1.08 bits per heavy atom. The summed E-state index contributed by atoms with van der Waals surface area (Å²) in [7, 11) is 3.20. The molecule has 0 radical (unpaired) electrons. The molecule has 0 bridgehead atoms. The number of nitrogens with zero attached hydrogens (tertiary/aromatic N) is 2. The molecule has 3 aromatic rings. The fraction of sp³-hybridized carbons (Fsp3) is 0.357. The van der Waals surface area contributed by atoms with Gasteiger partial charge in [-0.25, -0.2) is 0 Å². The van der Waals surface area contributed by atoms with E-state index in [1.807, 2.05) is 48.2 Å². The van der Waals surface area contributed by atoms with Gasteiger partial charge in [0, 0.05) is 36.7 Å². The molecule has 0 N–H and O–H groups in total. The van der Waals surface area contributed by atoms with Gasteiger partial charge in [0.25, 0.3) is 5.91 Å². The summed E-state index contributed by atoms with van der Waals surface area (Å²) >= 11 is 1.70. The van der Waals surface area contributed by atoms with Gasteiger partial charge >= 0.3 is 0 Å². The van der Waals surface area contributed by atoms with E-state index in [0.29, 0.717) is 43.4 Å². The second-order valence-corrected chi connectivity index (χ2v) is 9.73. The predicted octanol–water partition coefficient (Wildman–Crippen LogP) is 4.36. The molecule has 190 valence electrons. The summed E-state index contributed by atoms with van der Waals surface area (Å²) in [5.41, 5.74) is 2.74. The lowest BCUT2D eigenvalue weighted by Gasteiger charge is -2.37. The first-order valence-corrected chi connectivity index (χ1v) is 12.9. The molecule has 7 nitrogen and oxygen atoms in total. The molecule has 1 atom stereocenters. The molecule has 2 amide bonds. The normalized spacial score (nSPS) is 14.8. The predicted molar refractivity (Wildman–Crippen MR) is 140 cm³/mol. The third-order valence-electron chi connectivity index (χ3n) is 6.34. The Bertz CT molecular complexity index is 1180. The molecule has 1 aliphatic heterocycles. The van der Waals surface area contributed by atoms with Crippen LogP contribution >= 0.6 is 11.3 Å². The van der Waals surface area contributed by atoms with Crippen molar-refractivity contribution in [2.45, 2.75) is 19.4 Å². The molecule has 36 heavy (non-hydrogen) atoms. The van der Waals surface area contributed by atoms with Gasteiger partial charge in [0.1, 0.15) is 24.7 Å². The summed E-state index contributed by atoms with van der Waals surface area (Å²) in [6.07, 6.45) is 0.790. The van der Waals surface area contributed by atoms with Gasteiger partial charge in [-0.15, -0.1) is 11.3 Å². The molecule has 1 aliphatic rings. The molecule has 1 aromatic heterocycles. The Morgan fingerprint density at radius 3 is 2.61 bits per heavy atom. The van der Waals surface area contributed by atoms with Crippen molar-refractivity contribution in [3.63, 3.8) is 0 Å². The molecule has 2 heterocycles. The number of benzene rings is 2. The number of aryl methyl sites for hydroxylation is 1. The molecule has 0 saturated carbocycles. The average molecular weight is 509 g/mol. The quantitative estimate of drug-likeness (QED) is 0.407. The van der Waals surface area contributed by atoms with Crippen molar-refractivity contribution in [2.75, 3.05) is 47.1 Å². The number of thiophene rings is 1. The molecule has 0 aliphatic carbocycles. The zero-order valence-electron chi connectivity index (χ0n) is 20.9. The number of hydrogen-bond acceptors (Lipinski definition) is 6. The number of ether oxygens (including phenoxy) is 3. The van der Waals surface area contributed by atoms with Crippen LogP contribution in [-0.4, -0.2) is 68.7 Å². The van der Waals surface area contributed by atoms with E-state index < -0.39 is 0 Å². The molecule has 4 rings (SSSR count). The van der Waals surface area contributed by atoms with E-state index in [0.717, 1.165) is 17.5 Å². The van der Waals surface area contributed by atoms with Crippen LogP contribution in [0.2, 0.25) is 0 Å². The zero-order chi connectivity index (χ0) is 25.5. The first kappa shape index (κ1) is 25.7. The van der Waals surface area contributed by atoms with Crippen LogP contribution in [0.15, 0.2) is 60.0 Å². The van der Waals surface area contributed by atoms with Gasteiger partial charge in [-0.05, 0) is 54.6 Å². The van der Waals surface area contributed by atoms with Crippen LogP contribution in [0.1, 0.15) is 32.4 Å². The molecular formula is C28H32N2O5S. The Labute approximate surface area is 216 Å². The summed E-state index contributed by atoms with van der Waals surface area (Å²) < 4.78 is 16.6. The van der Waals surface area contributed by atoms with E-state index >= 15 is 0 Å². The van der Waals surface area contributed by atoms with E-state index in [2.05, 4.69) is 11.4 Å². The van der Waals surface area contributed by atoms with Gasteiger partial charge in [-0.1, -0.05) is 23.8 Å². The van der Waals surface area contributed by atoms with Crippen molar-refractivity contribution in [3.05, 3.63) is 81.5 Å². The van der Waals surface area contributed by atoms with E-state index in [9.17, 15) is 9.59 Å². The van der Waals surface area contributed by atoms with Gasteiger partial charge in [-0.3, -0.25) is 9.59 Å². The molecular weight excluding hydrogens is 476 g/mol. The average Bonchev–Trinajstić information content (AvgIpc) is 3.39. The van der Waals surface area contributed by atoms with Crippen molar-refractivity contribution in [3.8, 4) is 11.5 Å². The summed E-state index contributed by atoms with van der Waals surface area (Å²) in [4.78, 5) is 31.6. The second kappa shape index (κ2) is 12.1. The van der Waals surface area contributed by atoms with Gasteiger partial charge in [0.05, 0.1) is 19.8 Å². The van der Waals surface area contributed by atoms with Crippen LogP contribution in [0.25, 0.3) is 0 Å². The highest BCUT2D eigenvalue weighted by molar-refractivity contribution is 7.10. The lowest BCUT2D eigenvalue weighted by atomic mass is 10.0. The lowest BCUT2D eigenvalue weighted by Crippen LogP contribution is -2.48. The maximum atomic E-state index is 13.6. The van der Waals surface area contributed by atoms with E-state index in [4.69, 9.17) is 14.2 Å². The van der Waals surface area contributed by atoms with Crippen LogP contribution < -0.4 is 9.47 Å². The summed E-state index contributed by atoms with van der Waals surface area (Å²) in [5, 5.41) is 2.06. The van der Waals surface area contributed by atoms with Crippen molar-refractivity contribution in [1.82, 2.24) is 9.80 Å². The SMILES string of the molecule is COCCN(CC(=O)N1CCc2sccc2[C@H]1COc1cccc(OC)c1)C(=O)c1ccc(C)cc1. The van der Waals surface area contributed by atoms with Gasteiger partial charge in [0.15, 0.2) is 0 Å². The first-order chi connectivity index (χ1) is 17.5. The van der Waals surface area contributed by atoms with E-state index in [-0.39, 0.29) is 24.4 Å². The van der Waals surface area contributed by atoms with Gasteiger partial charge < -0.3 is 24.0 Å². The number of fused-ring (bicyclic) bond motifs is 1. The number of rotatable bonds is 10. The molecule has 8 heteroatoms. The van der Waals surface area contributed by atoms with Gasteiger partial charge in [-0.2, -0.15) is 0 Å². The largest absolute Gasteiger partial charge is 0.497 e. The minimum absolute atomic E-state index is 0.0226. The Kier molecular flexibility index (Phi) is 8.61. The van der Waals surface area contributed by atoms with Crippen LogP contribution in [0, 0.1) is 6.92 Å². The second-order valence-electron chi connectivity index (χ2n) is 8.73. The van der Waals surface area contributed by atoms with Crippen LogP contribution in [0.3, 0.4) is 0 Å². The minimum atomic E-state index is -0.238. The number of carbonyl (C=O) groups is 2. The Hall–Kier alpha value is -3.36. The van der Waals surface area contributed by atoms with Crippen molar-refractivity contribution >= 4 is 23.2 Å². The van der Waals surface area contributed by atoms with Crippen molar-refractivity contribution in [2.24, 2.45) is 0 Å². The fourth-order valence-electron chi connectivity index (χ4n) is 4.33. The monoisotopic (exact) mass is 508 g/mol. The van der Waals surface area contributed by atoms with E-state index in [1.54, 1.807) is 42.6 Å². The minimum Gasteiger partial charge on any atom is -0.497 e. The molecule has 0 saturated heterocycles. The Balaban J connectivity index is 1.52.